The molecule has 11 heteroatoms. The van der Waals surface area contributed by atoms with Gasteiger partial charge in [0.1, 0.15) is 18.2 Å². The first-order valence-corrected chi connectivity index (χ1v) is 19.2. The summed E-state index contributed by atoms with van der Waals surface area (Å²) in [5.74, 6) is -1.04. The van der Waals surface area contributed by atoms with Gasteiger partial charge in [0.2, 0.25) is 17.7 Å². The molecule has 5 atom stereocenters. The Labute approximate surface area is 306 Å². The fourth-order valence-electron chi connectivity index (χ4n) is 7.66. The van der Waals surface area contributed by atoms with E-state index >= 15 is 0 Å². The lowest BCUT2D eigenvalue weighted by molar-refractivity contribution is -0.159. The molecule has 3 heterocycles. The molecule has 284 valence electrons. The first-order chi connectivity index (χ1) is 24.3. The van der Waals surface area contributed by atoms with Crippen LogP contribution in [0.4, 0.5) is 0 Å². The van der Waals surface area contributed by atoms with Crippen LogP contribution in [0.25, 0.3) is 0 Å². The van der Waals surface area contributed by atoms with Gasteiger partial charge in [0.05, 0.1) is 25.3 Å². The Bertz CT molecular complexity index is 1340. The minimum absolute atomic E-state index is 0.00820. The van der Waals surface area contributed by atoms with Gasteiger partial charge in [-0.05, 0) is 70.4 Å². The molecule has 0 saturated carbocycles. The number of ether oxygens (including phenoxy) is 2. The van der Waals surface area contributed by atoms with Crippen LogP contribution in [0.3, 0.4) is 0 Å². The molecule has 3 aliphatic heterocycles. The molecule has 3 saturated heterocycles. The lowest BCUT2D eigenvalue weighted by Crippen LogP contribution is -2.58. The first-order valence-electron chi connectivity index (χ1n) is 19.2. The molecule has 3 aliphatic rings. The summed E-state index contributed by atoms with van der Waals surface area (Å²) in [6, 6.07) is 7.98. The SMILES string of the molecule is CC(=C[C@H](C(C)C)N(C)C(=O)[C@@H](NC(=O)C1CCCCN1C(C)C)C(C)C)C(=O)N1CCC[C@H]1C(=O)OC(CN1CCOCC1)c1ccccc1. The molecule has 3 amide bonds. The number of amides is 3. The highest BCUT2D eigenvalue weighted by Crippen LogP contribution is 2.27. The largest absolute Gasteiger partial charge is 0.455 e. The summed E-state index contributed by atoms with van der Waals surface area (Å²) in [6.45, 7) is 18.6. The molecular weight excluding hydrogens is 646 g/mol. The molecule has 51 heavy (non-hydrogen) atoms. The number of piperidine rings is 1. The number of morpholine rings is 1. The van der Waals surface area contributed by atoms with Crippen LogP contribution in [0.1, 0.15) is 92.2 Å². The highest BCUT2D eigenvalue weighted by atomic mass is 16.5. The molecule has 2 unspecified atom stereocenters. The number of nitrogens with zero attached hydrogens (tertiary/aromatic N) is 4. The molecular formula is C40H63N5O6. The first kappa shape index (κ1) is 40.5. The number of carbonyl (C=O) groups excluding carboxylic acids is 4. The second-order valence-corrected chi connectivity index (χ2v) is 15.5. The number of likely N-dealkylation sites (tertiary alicyclic amines) is 2. The Morgan fingerprint density at radius 1 is 0.902 bits per heavy atom. The van der Waals surface area contributed by atoms with E-state index in [9.17, 15) is 19.2 Å². The normalized spacial score (nSPS) is 22.6. The Morgan fingerprint density at radius 2 is 1.57 bits per heavy atom. The molecule has 11 nitrogen and oxygen atoms in total. The maximum Gasteiger partial charge on any atom is 0.329 e. The van der Waals surface area contributed by atoms with Gasteiger partial charge in [-0.25, -0.2) is 4.79 Å². The molecule has 3 fully saturated rings. The van der Waals surface area contributed by atoms with Gasteiger partial charge >= 0.3 is 5.97 Å². The van der Waals surface area contributed by atoms with Crippen molar-refractivity contribution in [2.75, 3.05) is 53.0 Å². The van der Waals surface area contributed by atoms with Gasteiger partial charge in [-0.2, -0.15) is 0 Å². The molecule has 0 radical (unpaired) electrons. The number of carbonyl (C=O) groups is 4. The Balaban J connectivity index is 1.46. The average Bonchev–Trinajstić information content (AvgIpc) is 3.62. The van der Waals surface area contributed by atoms with Crippen molar-refractivity contribution in [1.29, 1.82) is 0 Å². The zero-order chi connectivity index (χ0) is 37.2. The summed E-state index contributed by atoms with van der Waals surface area (Å²) in [4.78, 5) is 63.2. The van der Waals surface area contributed by atoms with Crippen LogP contribution in [0, 0.1) is 11.8 Å². The van der Waals surface area contributed by atoms with Crippen LogP contribution >= 0.6 is 0 Å². The average molecular weight is 710 g/mol. The molecule has 1 aromatic carbocycles. The number of esters is 1. The van der Waals surface area contributed by atoms with Gasteiger partial charge in [-0.3, -0.25) is 24.2 Å². The van der Waals surface area contributed by atoms with Gasteiger partial charge in [0, 0.05) is 44.8 Å². The molecule has 0 aliphatic carbocycles. The maximum atomic E-state index is 14.1. The zero-order valence-corrected chi connectivity index (χ0v) is 32.3. The smallest absolute Gasteiger partial charge is 0.329 e. The third-order valence-corrected chi connectivity index (χ3v) is 10.7. The van der Waals surface area contributed by atoms with E-state index in [0.29, 0.717) is 44.7 Å². The monoisotopic (exact) mass is 709 g/mol. The molecule has 0 bridgehead atoms. The van der Waals surface area contributed by atoms with Gasteiger partial charge in [0.25, 0.3) is 0 Å². The van der Waals surface area contributed by atoms with Crippen LogP contribution < -0.4 is 5.32 Å². The number of rotatable bonds is 14. The fourth-order valence-corrected chi connectivity index (χ4v) is 7.66. The molecule has 1 aromatic rings. The van der Waals surface area contributed by atoms with Crippen LogP contribution in [0.15, 0.2) is 42.0 Å². The summed E-state index contributed by atoms with van der Waals surface area (Å²) in [5.41, 5.74) is 1.39. The van der Waals surface area contributed by atoms with Crippen LogP contribution in [0.5, 0.6) is 0 Å². The summed E-state index contributed by atoms with van der Waals surface area (Å²) in [5, 5.41) is 3.11. The van der Waals surface area contributed by atoms with E-state index < -0.39 is 30.2 Å². The van der Waals surface area contributed by atoms with Gasteiger partial charge in [-0.1, -0.05) is 70.5 Å². The van der Waals surface area contributed by atoms with Gasteiger partial charge in [-0.15, -0.1) is 0 Å². The number of hydrogen-bond acceptors (Lipinski definition) is 8. The van der Waals surface area contributed by atoms with Crippen LogP contribution in [0.2, 0.25) is 0 Å². The van der Waals surface area contributed by atoms with Gasteiger partial charge < -0.3 is 24.6 Å². The predicted octanol–water partition coefficient (Wildman–Crippen LogP) is 4.43. The van der Waals surface area contributed by atoms with Crippen molar-refractivity contribution in [2.24, 2.45) is 11.8 Å². The Morgan fingerprint density at radius 3 is 2.20 bits per heavy atom. The highest BCUT2D eigenvalue weighted by Gasteiger charge is 2.39. The topological polar surface area (TPSA) is 112 Å². The lowest BCUT2D eigenvalue weighted by Gasteiger charge is -2.39. The third-order valence-electron chi connectivity index (χ3n) is 10.7. The third kappa shape index (κ3) is 10.6. The van der Waals surface area contributed by atoms with Crippen molar-refractivity contribution < 1.29 is 28.7 Å². The number of nitrogens with one attached hydrogen (secondary N) is 1. The second-order valence-electron chi connectivity index (χ2n) is 15.5. The van der Waals surface area contributed by atoms with Crippen LogP contribution in [-0.2, 0) is 28.7 Å². The van der Waals surface area contributed by atoms with E-state index in [1.54, 1.807) is 23.8 Å². The van der Waals surface area contributed by atoms with E-state index in [1.165, 1.54) is 0 Å². The van der Waals surface area contributed by atoms with E-state index in [0.717, 1.165) is 44.5 Å². The minimum atomic E-state index is -0.697. The Hall–Kier alpha value is -3.28. The fraction of sp³-hybridized carbons (Fsp3) is 0.700. The standard InChI is InChI=1S/C40H63N5O6/c1-27(2)34(42(8)39(48)36(28(3)4)41-37(46)32-17-12-13-19-44(32)29(5)6)25-30(7)38(47)45-20-14-18-33(45)40(49)51-35(31-15-10-9-11-16-31)26-43-21-23-50-24-22-43/h9-11,15-16,25,27-29,32-36H,12-14,17-24,26H2,1-8H3,(H,41,46)/t32?,33-,34+,35?,36-/m0/s1. The van der Waals surface area contributed by atoms with Crippen molar-refractivity contribution in [3.8, 4) is 0 Å². The lowest BCUT2D eigenvalue weighted by atomic mass is 9.95. The summed E-state index contributed by atoms with van der Waals surface area (Å²) < 4.78 is 11.7. The zero-order valence-electron chi connectivity index (χ0n) is 32.3. The summed E-state index contributed by atoms with van der Waals surface area (Å²) >= 11 is 0. The van der Waals surface area contributed by atoms with E-state index in [2.05, 4.69) is 29.0 Å². The van der Waals surface area contributed by atoms with Crippen molar-refractivity contribution in [3.05, 3.63) is 47.5 Å². The number of likely N-dealkylation sites (N-methyl/N-ethyl adjacent to an activating group) is 1. The summed E-state index contributed by atoms with van der Waals surface area (Å²) in [6.07, 6.45) is 5.47. The summed E-state index contributed by atoms with van der Waals surface area (Å²) in [7, 11) is 1.75. The van der Waals surface area contributed by atoms with Gasteiger partial charge in [0.15, 0.2) is 0 Å². The molecule has 4 rings (SSSR count). The highest BCUT2D eigenvalue weighted by molar-refractivity contribution is 5.96. The maximum absolute atomic E-state index is 14.1. The van der Waals surface area contributed by atoms with Crippen molar-refractivity contribution in [1.82, 2.24) is 24.9 Å². The minimum Gasteiger partial charge on any atom is -0.455 e. The predicted molar refractivity (Wildman–Crippen MR) is 199 cm³/mol. The molecule has 1 N–H and O–H groups in total. The van der Waals surface area contributed by atoms with Crippen LogP contribution in [-0.4, -0.2) is 126 Å². The van der Waals surface area contributed by atoms with Crippen molar-refractivity contribution in [3.63, 3.8) is 0 Å². The number of hydrogen-bond donors (Lipinski definition) is 1. The number of benzene rings is 1. The molecule has 0 aromatic heterocycles. The van der Waals surface area contributed by atoms with E-state index in [1.807, 2.05) is 64.1 Å². The van der Waals surface area contributed by atoms with Crippen molar-refractivity contribution in [2.45, 2.75) is 117 Å². The quantitative estimate of drug-likeness (QED) is 0.223. The second kappa shape index (κ2) is 19.0. The van der Waals surface area contributed by atoms with E-state index in [4.69, 9.17) is 9.47 Å². The Kier molecular flexibility index (Phi) is 15.1. The van der Waals surface area contributed by atoms with Crippen molar-refractivity contribution >= 4 is 23.7 Å². The van der Waals surface area contributed by atoms with E-state index in [-0.39, 0.29) is 41.6 Å². The molecule has 0 spiro atoms.